The molecule has 1 fully saturated rings. The third-order valence-electron chi connectivity index (χ3n) is 9.05. The van der Waals surface area contributed by atoms with Crippen LogP contribution in [0.2, 0.25) is 0 Å². The van der Waals surface area contributed by atoms with Gasteiger partial charge >= 0.3 is 6.03 Å². The molecular formula is C37H48N6O4. The first-order valence-corrected chi connectivity index (χ1v) is 16.3. The molecule has 1 aliphatic rings. The van der Waals surface area contributed by atoms with Crippen LogP contribution in [0.15, 0.2) is 73.1 Å². The number of carbonyl (C=O) groups is 2. The van der Waals surface area contributed by atoms with Gasteiger partial charge in [0.25, 0.3) is 5.91 Å². The first-order chi connectivity index (χ1) is 22.4. The molecule has 10 nitrogen and oxygen atoms in total. The van der Waals surface area contributed by atoms with Crippen LogP contribution in [-0.4, -0.2) is 83.0 Å². The predicted octanol–water partition coefficient (Wildman–Crippen LogP) is 6.38. The topological polar surface area (TPSA) is 112 Å². The van der Waals surface area contributed by atoms with Crippen LogP contribution in [-0.2, 0) is 4.74 Å². The number of methoxy groups -OCH3 is 1. The van der Waals surface area contributed by atoms with Gasteiger partial charge in [-0.3, -0.25) is 9.36 Å². The molecule has 0 atom stereocenters. The minimum absolute atomic E-state index is 0.195. The van der Waals surface area contributed by atoms with Crippen molar-refractivity contribution in [3.8, 4) is 0 Å². The van der Waals surface area contributed by atoms with Gasteiger partial charge in [0.15, 0.2) is 0 Å². The van der Waals surface area contributed by atoms with Gasteiger partial charge < -0.3 is 30.3 Å². The Morgan fingerprint density at radius 3 is 2.36 bits per heavy atom. The maximum absolute atomic E-state index is 13.3. The zero-order valence-corrected chi connectivity index (χ0v) is 28.4. The Labute approximate surface area is 277 Å². The molecule has 250 valence electrons. The summed E-state index contributed by atoms with van der Waals surface area (Å²) in [6, 6.07) is 19.4. The molecule has 5 rings (SSSR count). The lowest BCUT2D eigenvalue weighted by Crippen LogP contribution is -2.42. The van der Waals surface area contributed by atoms with E-state index in [1.54, 1.807) is 31.1 Å². The van der Waals surface area contributed by atoms with E-state index in [0.717, 1.165) is 54.6 Å². The number of pyridine rings is 1. The lowest BCUT2D eigenvalue weighted by molar-refractivity contribution is 0.0176. The van der Waals surface area contributed by atoms with Gasteiger partial charge in [-0.25, -0.2) is 9.78 Å². The average Bonchev–Trinajstić information content (AvgIpc) is 3.48. The molecule has 4 aromatic rings. The van der Waals surface area contributed by atoms with Gasteiger partial charge in [-0.05, 0) is 114 Å². The van der Waals surface area contributed by atoms with Crippen molar-refractivity contribution in [1.29, 1.82) is 0 Å². The number of hydrogen-bond donors (Lipinski definition) is 3. The highest BCUT2D eigenvalue weighted by Crippen LogP contribution is 2.32. The molecule has 47 heavy (non-hydrogen) atoms. The number of nitrogens with zero attached hydrogens (tertiary/aromatic N) is 4. The fourth-order valence-electron chi connectivity index (χ4n) is 6.21. The highest BCUT2D eigenvalue weighted by Gasteiger charge is 2.25. The Hall–Kier alpha value is -4.25. The van der Waals surface area contributed by atoms with E-state index in [9.17, 15) is 14.7 Å². The van der Waals surface area contributed by atoms with E-state index in [2.05, 4.69) is 57.5 Å². The van der Waals surface area contributed by atoms with E-state index < -0.39 is 5.60 Å². The molecule has 0 spiro atoms. The van der Waals surface area contributed by atoms with Crippen LogP contribution in [0.25, 0.3) is 10.9 Å². The Bertz CT molecular complexity index is 1680. The number of aliphatic hydroxyl groups is 1. The third-order valence-corrected chi connectivity index (χ3v) is 9.05. The number of anilines is 3. The fraction of sp³-hybridized carbons (Fsp3) is 0.432. The molecule has 0 unspecified atom stereocenters. The average molecular weight is 641 g/mol. The molecule has 1 aliphatic heterocycles. The first-order valence-electron chi connectivity index (χ1n) is 16.3. The Balaban J connectivity index is 1.31. The molecule has 2 aromatic carbocycles. The quantitative estimate of drug-likeness (QED) is 0.174. The summed E-state index contributed by atoms with van der Waals surface area (Å²) in [5.41, 5.74) is 3.42. The number of amides is 2. The van der Waals surface area contributed by atoms with Crippen molar-refractivity contribution in [1.82, 2.24) is 19.8 Å². The number of carbonyl (C=O) groups excluding carboxylic acids is 2. The monoisotopic (exact) mass is 640 g/mol. The first kappa shape index (κ1) is 34.1. The van der Waals surface area contributed by atoms with Crippen molar-refractivity contribution in [2.45, 2.75) is 64.1 Å². The number of hydrogen-bond acceptors (Lipinski definition) is 7. The Kier molecular flexibility index (Phi) is 10.3. The zero-order valence-electron chi connectivity index (χ0n) is 28.4. The van der Waals surface area contributed by atoms with Crippen molar-refractivity contribution in [2.75, 3.05) is 50.6 Å². The van der Waals surface area contributed by atoms with Gasteiger partial charge in [-0.15, -0.1) is 0 Å². The van der Waals surface area contributed by atoms with E-state index in [4.69, 9.17) is 4.74 Å². The van der Waals surface area contributed by atoms with Crippen LogP contribution < -0.4 is 15.5 Å². The number of piperidine rings is 1. The number of likely N-dealkylation sites (tertiary alicyclic amines) is 1. The van der Waals surface area contributed by atoms with E-state index in [0.29, 0.717) is 30.4 Å². The second-order valence-corrected chi connectivity index (χ2v) is 13.7. The van der Waals surface area contributed by atoms with Crippen molar-refractivity contribution >= 4 is 40.0 Å². The summed E-state index contributed by atoms with van der Waals surface area (Å²) >= 11 is 0. The van der Waals surface area contributed by atoms with Gasteiger partial charge in [0.1, 0.15) is 5.82 Å². The molecule has 10 heteroatoms. The smallest absolute Gasteiger partial charge is 0.325 e. The van der Waals surface area contributed by atoms with Gasteiger partial charge in [0.2, 0.25) is 0 Å². The maximum atomic E-state index is 13.3. The number of β-amino-alcohol motifs (C(OH)–C–C–N with tert-alkyl or cyclic N) is 1. The molecule has 2 aromatic heterocycles. The lowest BCUT2D eigenvalue weighted by atomic mass is 9.88. The number of benzene rings is 2. The van der Waals surface area contributed by atoms with Crippen LogP contribution in [0.3, 0.4) is 0 Å². The van der Waals surface area contributed by atoms with Crippen molar-refractivity contribution in [3.05, 3.63) is 84.2 Å². The molecule has 2 amide bonds. The zero-order chi connectivity index (χ0) is 33.8. The summed E-state index contributed by atoms with van der Waals surface area (Å²) in [5, 5.41) is 16.8. The normalized spacial score (nSPS) is 14.7. The molecule has 0 saturated carbocycles. The summed E-state index contributed by atoms with van der Waals surface area (Å²) in [4.78, 5) is 34.6. The maximum Gasteiger partial charge on any atom is 0.325 e. The fourth-order valence-corrected chi connectivity index (χ4v) is 6.21. The largest absolute Gasteiger partial charge is 0.389 e. The number of rotatable bonds is 11. The third kappa shape index (κ3) is 8.57. The Morgan fingerprint density at radius 2 is 1.70 bits per heavy atom. The highest BCUT2D eigenvalue weighted by atomic mass is 16.5. The molecule has 0 bridgehead atoms. The molecule has 1 saturated heterocycles. The predicted molar refractivity (Wildman–Crippen MR) is 188 cm³/mol. The number of aromatic nitrogens is 2. The van der Waals surface area contributed by atoms with Gasteiger partial charge in [-0.1, -0.05) is 12.1 Å². The summed E-state index contributed by atoms with van der Waals surface area (Å²) in [5.74, 6) is 0.683. The van der Waals surface area contributed by atoms with Gasteiger partial charge in [0.05, 0.1) is 16.7 Å². The van der Waals surface area contributed by atoms with Crippen molar-refractivity contribution in [3.63, 3.8) is 0 Å². The minimum atomic E-state index is -0.689. The van der Waals surface area contributed by atoms with Gasteiger partial charge in [0, 0.05) is 68.0 Å². The van der Waals surface area contributed by atoms with Crippen LogP contribution in [0.1, 0.15) is 68.8 Å². The molecule has 3 N–H and O–H groups in total. The van der Waals surface area contributed by atoms with Crippen LogP contribution in [0.5, 0.6) is 0 Å². The van der Waals surface area contributed by atoms with Crippen LogP contribution >= 0.6 is 0 Å². The van der Waals surface area contributed by atoms with E-state index in [1.165, 1.54) is 5.56 Å². The van der Waals surface area contributed by atoms with Crippen molar-refractivity contribution < 1.29 is 19.4 Å². The van der Waals surface area contributed by atoms with Gasteiger partial charge in [-0.2, -0.15) is 0 Å². The molecule has 3 heterocycles. The van der Waals surface area contributed by atoms with E-state index in [1.807, 2.05) is 56.3 Å². The molecule has 0 radical (unpaired) electrons. The number of nitrogens with one attached hydrogen (secondary N) is 2. The molecular weight excluding hydrogens is 592 g/mol. The standard InChI is InChI=1S/C37H48N6O4/c1-36(2,46)25-41-19-14-27(15-20-41)26-7-9-28(10-8-26)34(44)40-33-24-31(13-18-39-33)42(22-17-37(3,4)47-6)30-11-12-32-29(23-30)16-21-43(32)35(45)38-5/h7-13,16,18,21,23-24,27,46H,14-15,17,19-20,22,25H2,1-6H3,(H,38,45)(H,39,40,44). The Morgan fingerprint density at radius 1 is 1.00 bits per heavy atom. The lowest BCUT2D eigenvalue weighted by Gasteiger charge is -2.35. The summed E-state index contributed by atoms with van der Waals surface area (Å²) in [7, 11) is 3.33. The summed E-state index contributed by atoms with van der Waals surface area (Å²) < 4.78 is 7.30. The van der Waals surface area contributed by atoms with E-state index >= 15 is 0 Å². The summed E-state index contributed by atoms with van der Waals surface area (Å²) in [6.07, 6.45) is 6.27. The summed E-state index contributed by atoms with van der Waals surface area (Å²) in [6.45, 7) is 11.1. The van der Waals surface area contributed by atoms with Crippen LogP contribution in [0, 0.1) is 0 Å². The highest BCUT2D eigenvalue weighted by molar-refractivity contribution is 6.04. The molecule has 0 aliphatic carbocycles. The number of ether oxygens (including phenoxy) is 1. The minimum Gasteiger partial charge on any atom is -0.389 e. The van der Waals surface area contributed by atoms with Crippen molar-refractivity contribution in [2.24, 2.45) is 0 Å². The number of fused-ring (bicyclic) bond motifs is 1. The van der Waals surface area contributed by atoms with E-state index in [-0.39, 0.29) is 17.5 Å². The van der Waals surface area contributed by atoms with Crippen LogP contribution in [0.4, 0.5) is 22.0 Å². The SMILES string of the molecule is CNC(=O)n1ccc2cc(N(CCC(C)(C)OC)c3ccnc(NC(=O)c4ccc(C5CCN(CC(C)(C)O)CC5)cc4)c3)ccc21. The second kappa shape index (κ2) is 14.3. The second-order valence-electron chi connectivity index (χ2n) is 13.7.